The Hall–Kier alpha value is -1.26. The summed E-state index contributed by atoms with van der Waals surface area (Å²) < 4.78 is 4.79. The third-order valence-electron chi connectivity index (χ3n) is 2.08. The molecule has 5 nitrogen and oxygen atoms in total. The molecule has 0 aromatic heterocycles. The summed E-state index contributed by atoms with van der Waals surface area (Å²) in [4.78, 5) is 25.9. The van der Waals surface area contributed by atoms with Crippen molar-refractivity contribution in [1.29, 1.82) is 0 Å². The fourth-order valence-electron chi connectivity index (χ4n) is 1.05. The van der Waals surface area contributed by atoms with Crippen molar-refractivity contribution in [2.75, 3.05) is 33.3 Å². The van der Waals surface area contributed by atoms with Crippen LogP contribution in [-0.4, -0.2) is 55.1 Å². The Morgan fingerprint density at radius 3 is 2.13 bits per heavy atom. The average molecular weight is 216 g/mol. The number of nitrogens with zero attached hydrogens (tertiary/aromatic N) is 2. The maximum Gasteiger partial charge on any atom is 0.325 e. The van der Waals surface area contributed by atoms with Gasteiger partial charge in [0.1, 0.15) is 6.54 Å². The van der Waals surface area contributed by atoms with Crippen molar-refractivity contribution < 1.29 is 14.3 Å². The quantitative estimate of drug-likeness (QED) is 0.643. The molecule has 0 saturated carbocycles. The molecule has 0 saturated heterocycles. The largest absolute Gasteiger partial charge is 0.465 e. The highest BCUT2D eigenvalue weighted by Gasteiger charge is 2.18. The van der Waals surface area contributed by atoms with E-state index >= 15 is 0 Å². The first-order chi connectivity index (χ1) is 7.06. The van der Waals surface area contributed by atoms with Gasteiger partial charge in [0, 0.05) is 20.1 Å². The molecule has 0 bridgehead atoms. The van der Waals surface area contributed by atoms with Gasteiger partial charge in [-0.25, -0.2) is 4.79 Å². The second-order valence-electron chi connectivity index (χ2n) is 3.12. The highest BCUT2D eigenvalue weighted by Crippen LogP contribution is 1.97. The van der Waals surface area contributed by atoms with Crippen LogP contribution in [0.4, 0.5) is 4.79 Å². The monoisotopic (exact) mass is 216 g/mol. The molecule has 0 aliphatic heterocycles. The fourth-order valence-corrected chi connectivity index (χ4v) is 1.05. The third-order valence-corrected chi connectivity index (χ3v) is 2.08. The Morgan fingerprint density at radius 2 is 1.73 bits per heavy atom. The molecule has 0 radical (unpaired) electrons. The number of rotatable bonds is 5. The second-order valence-corrected chi connectivity index (χ2v) is 3.12. The number of hydrogen-bond donors (Lipinski definition) is 0. The van der Waals surface area contributed by atoms with E-state index in [0.29, 0.717) is 19.7 Å². The van der Waals surface area contributed by atoms with Gasteiger partial charge in [0.05, 0.1) is 6.61 Å². The van der Waals surface area contributed by atoms with Crippen molar-refractivity contribution in [3.05, 3.63) is 0 Å². The lowest BCUT2D eigenvalue weighted by molar-refractivity contribution is -0.143. The van der Waals surface area contributed by atoms with Gasteiger partial charge in [0.2, 0.25) is 0 Å². The van der Waals surface area contributed by atoms with Crippen LogP contribution in [0, 0.1) is 0 Å². The Bertz CT molecular complexity index is 219. The Kier molecular flexibility index (Phi) is 6.49. The predicted octanol–water partition coefficient (Wildman–Crippen LogP) is 0.943. The van der Waals surface area contributed by atoms with Crippen molar-refractivity contribution >= 4 is 12.0 Å². The maximum atomic E-state index is 11.7. The summed E-state index contributed by atoms with van der Waals surface area (Å²) in [6.07, 6.45) is 0. The van der Waals surface area contributed by atoms with Gasteiger partial charge in [0.25, 0.3) is 0 Å². The van der Waals surface area contributed by atoms with E-state index in [1.165, 1.54) is 4.90 Å². The maximum absolute atomic E-state index is 11.7. The highest BCUT2D eigenvalue weighted by molar-refractivity contribution is 5.80. The zero-order valence-electron chi connectivity index (χ0n) is 9.95. The van der Waals surface area contributed by atoms with Gasteiger partial charge in [-0.3, -0.25) is 4.79 Å². The van der Waals surface area contributed by atoms with E-state index in [-0.39, 0.29) is 18.5 Å². The van der Waals surface area contributed by atoms with Gasteiger partial charge in [-0.05, 0) is 20.8 Å². The van der Waals surface area contributed by atoms with E-state index < -0.39 is 0 Å². The summed E-state index contributed by atoms with van der Waals surface area (Å²) in [5, 5.41) is 0. The summed E-state index contributed by atoms with van der Waals surface area (Å²) in [6, 6.07) is -0.145. The van der Waals surface area contributed by atoms with E-state index in [4.69, 9.17) is 4.74 Å². The van der Waals surface area contributed by atoms with Gasteiger partial charge in [-0.2, -0.15) is 0 Å². The first-order valence-corrected chi connectivity index (χ1v) is 5.22. The highest BCUT2D eigenvalue weighted by atomic mass is 16.5. The first kappa shape index (κ1) is 13.7. The minimum Gasteiger partial charge on any atom is -0.465 e. The van der Waals surface area contributed by atoms with Gasteiger partial charge in [-0.1, -0.05) is 0 Å². The van der Waals surface area contributed by atoms with Crippen LogP contribution in [0.3, 0.4) is 0 Å². The van der Waals surface area contributed by atoms with Crippen molar-refractivity contribution in [3.63, 3.8) is 0 Å². The molecule has 0 unspecified atom stereocenters. The van der Waals surface area contributed by atoms with Crippen molar-refractivity contribution in [1.82, 2.24) is 9.80 Å². The third kappa shape index (κ3) is 4.67. The topological polar surface area (TPSA) is 49.9 Å². The zero-order valence-corrected chi connectivity index (χ0v) is 9.95. The number of likely N-dealkylation sites (N-methyl/N-ethyl adjacent to an activating group) is 1. The molecule has 0 heterocycles. The standard InChI is InChI=1S/C10H20N2O3/c1-5-11(4)10(14)12(6-2)8-9(13)15-7-3/h5-8H2,1-4H3. The minimum absolute atomic E-state index is 0.0213. The number of esters is 1. The molecular formula is C10H20N2O3. The van der Waals surface area contributed by atoms with Gasteiger partial charge in [-0.15, -0.1) is 0 Å². The van der Waals surface area contributed by atoms with E-state index in [1.807, 2.05) is 13.8 Å². The molecule has 0 spiro atoms. The predicted molar refractivity (Wildman–Crippen MR) is 57.6 cm³/mol. The number of ether oxygens (including phenoxy) is 1. The lowest BCUT2D eigenvalue weighted by atomic mass is 10.5. The molecule has 0 rings (SSSR count). The van der Waals surface area contributed by atoms with Crippen molar-refractivity contribution in [2.45, 2.75) is 20.8 Å². The molecule has 0 aromatic carbocycles. The van der Waals surface area contributed by atoms with E-state index in [2.05, 4.69) is 0 Å². The minimum atomic E-state index is -0.364. The molecule has 0 N–H and O–H groups in total. The average Bonchev–Trinajstić information content (AvgIpc) is 2.24. The van der Waals surface area contributed by atoms with E-state index in [1.54, 1.807) is 18.9 Å². The van der Waals surface area contributed by atoms with E-state index in [0.717, 1.165) is 0 Å². The normalized spacial score (nSPS) is 9.60. The van der Waals surface area contributed by atoms with E-state index in [9.17, 15) is 9.59 Å². The SMILES string of the molecule is CCOC(=O)CN(CC)C(=O)N(C)CC. The Balaban J connectivity index is 4.24. The van der Waals surface area contributed by atoms with Crippen LogP contribution >= 0.6 is 0 Å². The van der Waals surface area contributed by atoms with Crippen LogP contribution in [0.15, 0.2) is 0 Å². The Morgan fingerprint density at radius 1 is 1.13 bits per heavy atom. The number of urea groups is 1. The number of carbonyl (C=O) groups excluding carboxylic acids is 2. The molecule has 88 valence electrons. The summed E-state index contributed by atoms with van der Waals surface area (Å²) in [5.74, 6) is -0.364. The lowest BCUT2D eigenvalue weighted by Crippen LogP contribution is -2.43. The summed E-state index contributed by atoms with van der Waals surface area (Å²) in [5.41, 5.74) is 0. The molecule has 0 atom stereocenters. The molecular weight excluding hydrogens is 196 g/mol. The molecule has 0 aliphatic carbocycles. The molecule has 15 heavy (non-hydrogen) atoms. The van der Waals surface area contributed by atoms with Gasteiger partial charge in [0.15, 0.2) is 0 Å². The Labute approximate surface area is 91.0 Å². The summed E-state index contributed by atoms with van der Waals surface area (Å²) in [7, 11) is 1.70. The summed E-state index contributed by atoms with van der Waals surface area (Å²) >= 11 is 0. The number of carbonyl (C=O) groups is 2. The van der Waals surface area contributed by atoms with Crippen LogP contribution < -0.4 is 0 Å². The molecule has 0 aromatic rings. The van der Waals surface area contributed by atoms with Crippen molar-refractivity contribution in [3.8, 4) is 0 Å². The lowest BCUT2D eigenvalue weighted by Gasteiger charge is -2.25. The van der Waals surface area contributed by atoms with Gasteiger partial charge >= 0.3 is 12.0 Å². The van der Waals surface area contributed by atoms with Crippen LogP contribution in [-0.2, 0) is 9.53 Å². The summed E-state index contributed by atoms with van der Waals surface area (Å²) in [6.45, 7) is 6.95. The molecule has 2 amide bonds. The van der Waals surface area contributed by atoms with Crippen molar-refractivity contribution in [2.24, 2.45) is 0 Å². The smallest absolute Gasteiger partial charge is 0.325 e. The van der Waals surface area contributed by atoms with Crippen LogP contribution in [0.2, 0.25) is 0 Å². The number of hydrogen-bond acceptors (Lipinski definition) is 3. The number of amides is 2. The first-order valence-electron chi connectivity index (χ1n) is 5.22. The van der Waals surface area contributed by atoms with Gasteiger partial charge < -0.3 is 14.5 Å². The van der Waals surface area contributed by atoms with Crippen LogP contribution in [0.25, 0.3) is 0 Å². The van der Waals surface area contributed by atoms with Crippen LogP contribution in [0.1, 0.15) is 20.8 Å². The zero-order chi connectivity index (χ0) is 11.8. The fraction of sp³-hybridized carbons (Fsp3) is 0.800. The van der Waals surface area contributed by atoms with Crippen LogP contribution in [0.5, 0.6) is 0 Å². The molecule has 5 heteroatoms. The molecule has 0 fully saturated rings. The second kappa shape index (κ2) is 7.09. The molecule has 0 aliphatic rings.